The molecular weight excluding hydrogens is 304 g/mol. The van der Waals surface area contributed by atoms with Gasteiger partial charge in [0.15, 0.2) is 0 Å². The van der Waals surface area contributed by atoms with Gasteiger partial charge < -0.3 is 20.1 Å². The first-order valence-electron chi connectivity index (χ1n) is 8.51. The van der Waals surface area contributed by atoms with Crippen molar-refractivity contribution < 1.29 is 14.6 Å². The van der Waals surface area contributed by atoms with Crippen LogP contribution in [-0.4, -0.2) is 48.4 Å². The molecule has 2 atom stereocenters. The van der Waals surface area contributed by atoms with Crippen molar-refractivity contribution in [3.63, 3.8) is 0 Å². The van der Waals surface area contributed by atoms with Gasteiger partial charge in [-0.15, -0.1) is 12.3 Å². The quantitative estimate of drug-likeness (QED) is 0.596. The number of nitrogens with zero attached hydrogens (tertiary/aromatic N) is 1. The maximum absolute atomic E-state index is 12.4. The number of carbonyl (C=O) groups is 1. The second-order valence-electron chi connectivity index (χ2n) is 5.98. The van der Waals surface area contributed by atoms with E-state index in [0.717, 1.165) is 24.8 Å². The topological polar surface area (TPSA) is 61.8 Å². The largest absolute Gasteiger partial charge is 0.388 e. The molecule has 2 rings (SSSR count). The van der Waals surface area contributed by atoms with E-state index >= 15 is 0 Å². The lowest BCUT2D eigenvalue weighted by Gasteiger charge is -2.36. The molecule has 0 spiro atoms. The van der Waals surface area contributed by atoms with Gasteiger partial charge in [-0.25, -0.2) is 4.79 Å². The third-order valence-electron chi connectivity index (χ3n) is 4.19. The fourth-order valence-electron chi connectivity index (χ4n) is 2.84. The number of hydrogen-bond acceptors (Lipinski definition) is 3. The van der Waals surface area contributed by atoms with Crippen molar-refractivity contribution in [2.75, 3.05) is 26.3 Å². The molecule has 2 N–H and O–H groups in total. The highest BCUT2D eigenvalue weighted by atomic mass is 16.5. The van der Waals surface area contributed by atoms with Crippen LogP contribution in [0.25, 0.3) is 0 Å². The van der Waals surface area contributed by atoms with Crippen molar-refractivity contribution in [1.29, 1.82) is 0 Å². The molecule has 1 aromatic rings. The molecule has 0 radical (unpaired) electrons. The lowest BCUT2D eigenvalue weighted by Crippen LogP contribution is -2.53. The number of nitrogens with one attached hydrogen (secondary N) is 1. The standard InChI is InChI=1S/C19H26N2O3/c1-2-3-4-8-11-20-19(23)21-12-13-24-15-17(21)14-18(22)16-9-6-5-7-10-16/h1,5-7,9-10,17-18,22H,3-4,8,11-15H2,(H,20,23). The van der Waals surface area contributed by atoms with Crippen LogP contribution in [0.2, 0.25) is 0 Å². The number of rotatable bonds is 7. The molecule has 0 aromatic heterocycles. The highest BCUT2D eigenvalue weighted by Gasteiger charge is 2.29. The number of hydrogen-bond donors (Lipinski definition) is 2. The highest BCUT2D eigenvalue weighted by molar-refractivity contribution is 5.74. The molecule has 5 nitrogen and oxygen atoms in total. The first kappa shape index (κ1) is 18.3. The molecule has 1 aromatic carbocycles. The highest BCUT2D eigenvalue weighted by Crippen LogP contribution is 2.22. The number of carbonyl (C=O) groups excluding carboxylic acids is 1. The summed E-state index contributed by atoms with van der Waals surface area (Å²) >= 11 is 0. The summed E-state index contributed by atoms with van der Waals surface area (Å²) in [6, 6.07) is 9.28. The summed E-state index contributed by atoms with van der Waals surface area (Å²) in [5, 5.41) is 13.3. The molecule has 5 heteroatoms. The first-order valence-corrected chi connectivity index (χ1v) is 8.51. The number of aliphatic hydroxyl groups is 1. The van der Waals surface area contributed by atoms with Gasteiger partial charge in [-0.1, -0.05) is 30.3 Å². The van der Waals surface area contributed by atoms with E-state index in [4.69, 9.17) is 11.2 Å². The number of benzene rings is 1. The molecule has 1 fully saturated rings. The Morgan fingerprint density at radius 3 is 2.96 bits per heavy atom. The third-order valence-corrected chi connectivity index (χ3v) is 4.19. The van der Waals surface area contributed by atoms with E-state index in [9.17, 15) is 9.90 Å². The minimum atomic E-state index is -0.608. The summed E-state index contributed by atoms with van der Waals surface area (Å²) < 4.78 is 5.50. The molecule has 0 aliphatic carbocycles. The summed E-state index contributed by atoms with van der Waals surface area (Å²) in [5.41, 5.74) is 0.859. The van der Waals surface area contributed by atoms with Crippen LogP contribution in [0.5, 0.6) is 0 Å². The molecule has 1 aliphatic rings. The smallest absolute Gasteiger partial charge is 0.317 e. The van der Waals surface area contributed by atoms with Crippen molar-refractivity contribution in [1.82, 2.24) is 10.2 Å². The van der Waals surface area contributed by atoms with Gasteiger partial charge in [0.1, 0.15) is 0 Å². The molecule has 1 saturated heterocycles. The van der Waals surface area contributed by atoms with Gasteiger partial charge >= 0.3 is 6.03 Å². The first-order chi connectivity index (χ1) is 11.7. The molecule has 24 heavy (non-hydrogen) atoms. The van der Waals surface area contributed by atoms with Crippen LogP contribution in [0, 0.1) is 12.3 Å². The Balaban J connectivity index is 1.85. The summed E-state index contributed by atoms with van der Waals surface area (Å²) in [4.78, 5) is 14.2. The van der Waals surface area contributed by atoms with E-state index in [1.807, 2.05) is 30.3 Å². The Hall–Kier alpha value is -2.03. The second-order valence-corrected chi connectivity index (χ2v) is 5.98. The second kappa shape index (κ2) is 9.96. The minimum Gasteiger partial charge on any atom is -0.388 e. The Morgan fingerprint density at radius 2 is 2.21 bits per heavy atom. The molecule has 1 heterocycles. The number of morpholine rings is 1. The molecule has 1 aliphatic heterocycles. The average Bonchev–Trinajstić information content (AvgIpc) is 2.62. The zero-order valence-electron chi connectivity index (χ0n) is 14.0. The molecular formula is C19H26N2O3. The van der Waals surface area contributed by atoms with Gasteiger partial charge in [-0.2, -0.15) is 0 Å². The predicted molar refractivity (Wildman–Crippen MR) is 93.4 cm³/mol. The molecule has 0 bridgehead atoms. The van der Waals surface area contributed by atoms with Crippen LogP contribution in [0.15, 0.2) is 30.3 Å². The van der Waals surface area contributed by atoms with Crippen LogP contribution < -0.4 is 5.32 Å². The van der Waals surface area contributed by atoms with Gasteiger partial charge in [-0.3, -0.25) is 0 Å². The van der Waals surface area contributed by atoms with E-state index < -0.39 is 6.10 Å². The van der Waals surface area contributed by atoms with Gasteiger partial charge in [0.2, 0.25) is 0 Å². The van der Waals surface area contributed by atoms with Crippen molar-refractivity contribution in [3.05, 3.63) is 35.9 Å². The van der Waals surface area contributed by atoms with E-state index in [-0.39, 0.29) is 12.1 Å². The normalized spacial score (nSPS) is 18.7. The van der Waals surface area contributed by atoms with Crippen LogP contribution in [0.4, 0.5) is 4.79 Å². The fourth-order valence-corrected chi connectivity index (χ4v) is 2.84. The van der Waals surface area contributed by atoms with Gasteiger partial charge in [-0.05, 0) is 18.4 Å². The summed E-state index contributed by atoms with van der Waals surface area (Å²) in [6.45, 7) is 2.14. The predicted octanol–water partition coefficient (Wildman–Crippen LogP) is 2.32. The zero-order chi connectivity index (χ0) is 17.2. The van der Waals surface area contributed by atoms with Crippen LogP contribution >= 0.6 is 0 Å². The van der Waals surface area contributed by atoms with Crippen LogP contribution in [-0.2, 0) is 4.74 Å². The number of ether oxygens (including phenoxy) is 1. The summed E-state index contributed by atoms with van der Waals surface area (Å²) in [6.07, 6.45) is 7.60. The van der Waals surface area contributed by atoms with Crippen molar-refractivity contribution in [3.8, 4) is 12.3 Å². The van der Waals surface area contributed by atoms with E-state index in [1.54, 1.807) is 4.90 Å². The van der Waals surface area contributed by atoms with E-state index in [1.165, 1.54) is 0 Å². The Kier molecular flexibility index (Phi) is 7.60. The van der Waals surface area contributed by atoms with E-state index in [0.29, 0.717) is 32.7 Å². The fraction of sp³-hybridized carbons (Fsp3) is 0.526. The monoisotopic (exact) mass is 330 g/mol. The Morgan fingerprint density at radius 1 is 1.42 bits per heavy atom. The third kappa shape index (κ3) is 5.55. The van der Waals surface area contributed by atoms with Crippen molar-refractivity contribution in [2.45, 2.75) is 37.8 Å². The van der Waals surface area contributed by atoms with Gasteiger partial charge in [0, 0.05) is 25.9 Å². The SMILES string of the molecule is C#CCCCCNC(=O)N1CCOCC1CC(O)c1ccccc1. The lowest BCUT2D eigenvalue weighted by atomic mass is 10.0. The van der Waals surface area contributed by atoms with Crippen molar-refractivity contribution in [2.24, 2.45) is 0 Å². The summed E-state index contributed by atoms with van der Waals surface area (Å²) in [7, 11) is 0. The Labute approximate surface area is 144 Å². The minimum absolute atomic E-state index is 0.0933. The maximum Gasteiger partial charge on any atom is 0.317 e. The molecule has 2 amide bonds. The van der Waals surface area contributed by atoms with E-state index in [2.05, 4.69) is 11.2 Å². The van der Waals surface area contributed by atoms with Gasteiger partial charge in [0.25, 0.3) is 0 Å². The average molecular weight is 330 g/mol. The number of terminal acetylenes is 1. The van der Waals surface area contributed by atoms with Crippen LogP contribution in [0.1, 0.15) is 37.4 Å². The Bertz CT molecular complexity index is 541. The maximum atomic E-state index is 12.4. The zero-order valence-corrected chi connectivity index (χ0v) is 14.0. The van der Waals surface area contributed by atoms with Gasteiger partial charge in [0.05, 0.1) is 25.4 Å². The number of amides is 2. The van der Waals surface area contributed by atoms with Crippen LogP contribution in [0.3, 0.4) is 0 Å². The number of aliphatic hydroxyl groups excluding tert-OH is 1. The molecule has 0 saturated carbocycles. The molecule has 130 valence electrons. The molecule has 2 unspecified atom stereocenters. The number of urea groups is 1. The number of unbranched alkanes of at least 4 members (excludes halogenated alkanes) is 2. The summed E-state index contributed by atoms with van der Waals surface area (Å²) in [5.74, 6) is 2.60. The van der Waals surface area contributed by atoms with Crippen molar-refractivity contribution >= 4 is 6.03 Å². The lowest BCUT2D eigenvalue weighted by molar-refractivity contribution is -0.00689.